The van der Waals surface area contributed by atoms with Crippen LogP contribution in [-0.4, -0.2) is 36.6 Å². The number of piperazine rings is 1. The molecular weight excluding hydrogens is 150 g/mol. The molecular formula is C9H17N3. The quantitative estimate of drug-likeness (QED) is 0.654. The summed E-state index contributed by atoms with van der Waals surface area (Å²) in [6.07, 6.45) is 0.931. The summed E-state index contributed by atoms with van der Waals surface area (Å²) in [6, 6.07) is 2.97. The maximum absolute atomic E-state index is 8.88. The Balaban J connectivity index is 2.53. The van der Waals surface area contributed by atoms with Gasteiger partial charge in [-0.3, -0.25) is 4.90 Å². The summed E-state index contributed by atoms with van der Waals surface area (Å²) in [5, 5.41) is 12.2. The molecule has 0 aromatic rings. The predicted octanol–water partition coefficient (Wildman–Crippen LogP) is 0.582. The number of rotatable bonds is 2. The highest BCUT2D eigenvalue weighted by Gasteiger charge is 2.23. The van der Waals surface area contributed by atoms with Crippen LogP contribution in [0.3, 0.4) is 0 Å². The first-order valence-electron chi connectivity index (χ1n) is 4.65. The maximum atomic E-state index is 8.88. The van der Waals surface area contributed by atoms with Gasteiger partial charge in [-0.1, -0.05) is 6.92 Å². The van der Waals surface area contributed by atoms with Crippen LogP contribution in [0.2, 0.25) is 0 Å². The monoisotopic (exact) mass is 167 g/mol. The lowest BCUT2D eigenvalue weighted by Crippen LogP contribution is -2.53. The van der Waals surface area contributed by atoms with E-state index in [4.69, 9.17) is 5.26 Å². The first-order chi connectivity index (χ1) is 5.79. The highest BCUT2D eigenvalue weighted by molar-refractivity contribution is 4.94. The van der Waals surface area contributed by atoms with Gasteiger partial charge in [-0.05, 0) is 13.3 Å². The Morgan fingerprint density at radius 2 is 2.50 bits per heavy atom. The fourth-order valence-corrected chi connectivity index (χ4v) is 1.72. The van der Waals surface area contributed by atoms with E-state index in [1.54, 1.807) is 0 Å². The first kappa shape index (κ1) is 9.50. The Bertz CT molecular complexity index is 173. The molecule has 1 aliphatic rings. The molecule has 0 saturated carbocycles. The average Bonchev–Trinajstić information content (AvgIpc) is 2.10. The molecule has 0 radical (unpaired) electrons. The van der Waals surface area contributed by atoms with Crippen LogP contribution in [0.5, 0.6) is 0 Å². The lowest BCUT2D eigenvalue weighted by molar-refractivity contribution is 0.141. The molecule has 3 heteroatoms. The highest BCUT2D eigenvalue weighted by atomic mass is 15.2. The molecule has 0 spiro atoms. The van der Waals surface area contributed by atoms with Crippen molar-refractivity contribution in [3.63, 3.8) is 0 Å². The van der Waals surface area contributed by atoms with E-state index in [0.29, 0.717) is 6.04 Å². The minimum atomic E-state index is 0.113. The number of nitrogens with zero attached hydrogens (tertiary/aromatic N) is 2. The summed E-state index contributed by atoms with van der Waals surface area (Å²) >= 11 is 0. The second-order valence-corrected chi connectivity index (χ2v) is 3.34. The van der Waals surface area contributed by atoms with Gasteiger partial charge < -0.3 is 5.32 Å². The second kappa shape index (κ2) is 4.44. The Kier molecular flexibility index (Phi) is 3.51. The molecule has 0 aliphatic carbocycles. The summed E-state index contributed by atoms with van der Waals surface area (Å²) in [7, 11) is 0. The minimum Gasteiger partial charge on any atom is -0.314 e. The van der Waals surface area contributed by atoms with Gasteiger partial charge in [0.05, 0.1) is 12.1 Å². The van der Waals surface area contributed by atoms with Gasteiger partial charge in [0.1, 0.15) is 0 Å². The molecule has 0 aromatic heterocycles. The maximum Gasteiger partial charge on any atom is 0.0978 e. The van der Waals surface area contributed by atoms with Gasteiger partial charge in [0.2, 0.25) is 0 Å². The van der Waals surface area contributed by atoms with Crippen LogP contribution in [0.1, 0.15) is 20.3 Å². The lowest BCUT2D eigenvalue weighted by Gasteiger charge is -2.36. The number of hydrogen-bond acceptors (Lipinski definition) is 3. The summed E-state index contributed by atoms with van der Waals surface area (Å²) in [6.45, 7) is 7.28. The van der Waals surface area contributed by atoms with E-state index in [-0.39, 0.29) is 6.04 Å². The molecule has 3 nitrogen and oxygen atoms in total. The van der Waals surface area contributed by atoms with Crippen molar-refractivity contribution in [1.82, 2.24) is 10.2 Å². The molecule has 68 valence electrons. The van der Waals surface area contributed by atoms with Gasteiger partial charge >= 0.3 is 0 Å². The molecule has 1 unspecified atom stereocenters. The zero-order chi connectivity index (χ0) is 8.97. The molecule has 1 saturated heterocycles. The molecule has 1 rings (SSSR count). The number of nitriles is 1. The van der Waals surface area contributed by atoms with Crippen molar-refractivity contribution >= 4 is 0 Å². The third-order valence-electron chi connectivity index (χ3n) is 2.49. The Labute approximate surface area is 74.4 Å². The van der Waals surface area contributed by atoms with E-state index in [9.17, 15) is 0 Å². The van der Waals surface area contributed by atoms with Gasteiger partial charge in [0.25, 0.3) is 0 Å². The van der Waals surface area contributed by atoms with Crippen molar-refractivity contribution in [3.05, 3.63) is 0 Å². The van der Waals surface area contributed by atoms with Crippen LogP contribution in [0.15, 0.2) is 0 Å². The summed E-state index contributed by atoms with van der Waals surface area (Å²) < 4.78 is 0. The van der Waals surface area contributed by atoms with Crippen LogP contribution in [0.4, 0.5) is 0 Å². The second-order valence-electron chi connectivity index (χ2n) is 3.34. The number of nitrogens with one attached hydrogen (secondary N) is 1. The standard InChI is InChI=1S/C9H17N3/c1-3-9(6-10)12-5-4-11-7-8(12)2/h8-9,11H,3-5,7H2,1-2H3/t8-,9?/m0/s1. The van der Waals surface area contributed by atoms with Gasteiger partial charge in [0.15, 0.2) is 0 Å². The van der Waals surface area contributed by atoms with Crippen LogP contribution < -0.4 is 5.32 Å². The summed E-state index contributed by atoms with van der Waals surface area (Å²) in [5.74, 6) is 0. The third-order valence-corrected chi connectivity index (χ3v) is 2.49. The van der Waals surface area contributed by atoms with E-state index in [1.165, 1.54) is 0 Å². The van der Waals surface area contributed by atoms with E-state index in [0.717, 1.165) is 26.1 Å². The van der Waals surface area contributed by atoms with Crippen molar-refractivity contribution in [3.8, 4) is 6.07 Å². The van der Waals surface area contributed by atoms with Crippen molar-refractivity contribution in [2.75, 3.05) is 19.6 Å². The molecule has 1 fully saturated rings. The third kappa shape index (κ3) is 1.96. The largest absolute Gasteiger partial charge is 0.314 e. The van der Waals surface area contributed by atoms with Gasteiger partial charge in [-0.25, -0.2) is 0 Å². The minimum absolute atomic E-state index is 0.113. The molecule has 1 heterocycles. The summed E-state index contributed by atoms with van der Waals surface area (Å²) in [4.78, 5) is 2.29. The highest BCUT2D eigenvalue weighted by Crippen LogP contribution is 2.09. The van der Waals surface area contributed by atoms with Crippen molar-refractivity contribution in [2.24, 2.45) is 0 Å². The van der Waals surface area contributed by atoms with E-state index in [1.807, 2.05) is 0 Å². The van der Waals surface area contributed by atoms with Gasteiger partial charge in [0, 0.05) is 25.7 Å². The molecule has 0 aromatic carbocycles. The van der Waals surface area contributed by atoms with Gasteiger partial charge in [-0.2, -0.15) is 5.26 Å². The fourth-order valence-electron chi connectivity index (χ4n) is 1.72. The fraction of sp³-hybridized carbons (Fsp3) is 0.889. The van der Waals surface area contributed by atoms with Crippen LogP contribution in [-0.2, 0) is 0 Å². The summed E-state index contributed by atoms with van der Waals surface area (Å²) in [5.41, 5.74) is 0. The zero-order valence-corrected chi connectivity index (χ0v) is 7.88. The Hall–Kier alpha value is -0.590. The molecule has 2 atom stereocenters. The first-order valence-corrected chi connectivity index (χ1v) is 4.65. The molecule has 0 bridgehead atoms. The number of hydrogen-bond donors (Lipinski definition) is 1. The average molecular weight is 167 g/mol. The van der Waals surface area contributed by atoms with Crippen LogP contribution in [0.25, 0.3) is 0 Å². The SMILES string of the molecule is CCC(C#N)N1CCNC[C@@H]1C. The molecule has 1 N–H and O–H groups in total. The van der Waals surface area contributed by atoms with Crippen LogP contribution >= 0.6 is 0 Å². The van der Waals surface area contributed by atoms with E-state index < -0.39 is 0 Å². The van der Waals surface area contributed by atoms with E-state index in [2.05, 4.69) is 30.1 Å². The zero-order valence-electron chi connectivity index (χ0n) is 7.88. The van der Waals surface area contributed by atoms with Crippen molar-refractivity contribution in [1.29, 1.82) is 5.26 Å². The Morgan fingerprint density at radius 1 is 1.75 bits per heavy atom. The topological polar surface area (TPSA) is 39.1 Å². The van der Waals surface area contributed by atoms with E-state index >= 15 is 0 Å². The predicted molar refractivity (Wildman–Crippen MR) is 48.7 cm³/mol. The normalized spacial score (nSPS) is 27.9. The molecule has 0 amide bonds. The van der Waals surface area contributed by atoms with Crippen molar-refractivity contribution in [2.45, 2.75) is 32.4 Å². The lowest BCUT2D eigenvalue weighted by atomic mass is 10.1. The van der Waals surface area contributed by atoms with Crippen molar-refractivity contribution < 1.29 is 0 Å². The smallest absolute Gasteiger partial charge is 0.0978 e. The molecule has 12 heavy (non-hydrogen) atoms. The Morgan fingerprint density at radius 3 is 3.00 bits per heavy atom. The van der Waals surface area contributed by atoms with Crippen LogP contribution in [0, 0.1) is 11.3 Å². The molecule has 1 aliphatic heterocycles. The van der Waals surface area contributed by atoms with Gasteiger partial charge in [-0.15, -0.1) is 0 Å².